The number of rotatable bonds is 3. The normalized spacial score (nSPS) is 27.2. The lowest BCUT2D eigenvalue weighted by Gasteiger charge is -2.59. The average molecular weight is 275 g/mol. The van der Waals surface area contributed by atoms with Crippen LogP contribution in [0.15, 0.2) is 18.5 Å². The van der Waals surface area contributed by atoms with Crippen molar-refractivity contribution in [2.24, 2.45) is 0 Å². The predicted molar refractivity (Wildman–Crippen MR) is 79.9 cm³/mol. The van der Waals surface area contributed by atoms with Gasteiger partial charge in [0.15, 0.2) is 0 Å². The topological polar surface area (TPSA) is 28.6 Å². The lowest BCUT2D eigenvalue weighted by atomic mass is 9.84. The first-order chi connectivity index (χ1) is 9.47. The van der Waals surface area contributed by atoms with Gasteiger partial charge in [0, 0.05) is 43.5 Å². The van der Waals surface area contributed by atoms with Crippen LogP contribution < -0.4 is 4.74 Å². The zero-order chi connectivity index (χ0) is 14.3. The van der Waals surface area contributed by atoms with Crippen LogP contribution in [0.25, 0.3) is 0 Å². The second-order valence-electron chi connectivity index (χ2n) is 7.02. The van der Waals surface area contributed by atoms with Crippen molar-refractivity contribution in [1.29, 1.82) is 0 Å². The summed E-state index contributed by atoms with van der Waals surface area (Å²) in [5.41, 5.74) is 1.55. The number of ether oxygens (including phenoxy) is 1. The molecule has 2 aliphatic heterocycles. The third-order valence-corrected chi connectivity index (χ3v) is 4.66. The van der Waals surface area contributed by atoms with Crippen LogP contribution in [0.3, 0.4) is 0 Å². The first-order valence-electron chi connectivity index (χ1n) is 7.46. The maximum atomic E-state index is 5.25. The molecule has 2 unspecified atom stereocenters. The summed E-state index contributed by atoms with van der Waals surface area (Å²) in [5.74, 6) is 0.851. The Bertz CT molecular complexity index is 471. The number of nitrogens with zero attached hydrogens (tertiary/aromatic N) is 3. The van der Waals surface area contributed by atoms with Crippen molar-refractivity contribution >= 4 is 0 Å². The molecular formula is C16H25N3O. The minimum absolute atomic E-state index is 0.292. The average Bonchev–Trinajstić information content (AvgIpc) is 2.44. The number of hydrogen-bond donors (Lipinski definition) is 0. The summed E-state index contributed by atoms with van der Waals surface area (Å²) in [7, 11) is 1.69. The van der Waals surface area contributed by atoms with Gasteiger partial charge in [0.25, 0.3) is 0 Å². The van der Waals surface area contributed by atoms with Crippen LogP contribution in [-0.2, 0) is 6.54 Å². The van der Waals surface area contributed by atoms with Gasteiger partial charge in [-0.3, -0.25) is 14.8 Å². The lowest BCUT2D eigenvalue weighted by Crippen LogP contribution is -2.70. The Balaban J connectivity index is 1.64. The van der Waals surface area contributed by atoms with Gasteiger partial charge in [0.05, 0.1) is 13.3 Å². The van der Waals surface area contributed by atoms with Gasteiger partial charge in [0.2, 0.25) is 0 Å². The zero-order valence-electron chi connectivity index (χ0n) is 13.0. The second kappa shape index (κ2) is 5.01. The first kappa shape index (κ1) is 13.8. The minimum atomic E-state index is 0.292. The molecule has 0 radical (unpaired) electrons. The number of methoxy groups -OCH3 is 1. The van der Waals surface area contributed by atoms with Crippen LogP contribution in [0.5, 0.6) is 5.75 Å². The summed E-state index contributed by atoms with van der Waals surface area (Å²) in [6.07, 6.45) is 5.07. The molecule has 2 atom stereocenters. The summed E-state index contributed by atoms with van der Waals surface area (Å²) in [6, 6.07) is 3.51. The van der Waals surface area contributed by atoms with Crippen molar-refractivity contribution in [2.75, 3.05) is 20.2 Å². The van der Waals surface area contributed by atoms with E-state index in [9.17, 15) is 0 Å². The van der Waals surface area contributed by atoms with Crippen molar-refractivity contribution < 1.29 is 4.74 Å². The molecule has 20 heavy (non-hydrogen) atoms. The fraction of sp³-hybridized carbons (Fsp3) is 0.688. The molecule has 2 aliphatic rings. The Hall–Kier alpha value is -1.13. The zero-order valence-corrected chi connectivity index (χ0v) is 13.0. The van der Waals surface area contributed by atoms with Gasteiger partial charge in [0.1, 0.15) is 5.75 Å². The van der Waals surface area contributed by atoms with Gasteiger partial charge < -0.3 is 4.74 Å². The highest BCUT2D eigenvalue weighted by atomic mass is 16.5. The van der Waals surface area contributed by atoms with E-state index in [2.05, 4.69) is 41.6 Å². The molecule has 2 bridgehead atoms. The number of aromatic nitrogens is 1. The molecule has 2 saturated heterocycles. The number of piperidine rings is 1. The number of hydrogen-bond acceptors (Lipinski definition) is 4. The van der Waals surface area contributed by atoms with Crippen LogP contribution in [0.2, 0.25) is 0 Å². The quantitative estimate of drug-likeness (QED) is 0.845. The second-order valence-corrected chi connectivity index (χ2v) is 7.02. The summed E-state index contributed by atoms with van der Waals surface area (Å²) in [4.78, 5) is 9.49. The molecule has 2 fully saturated rings. The number of piperazine rings is 1. The minimum Gasteiger partial charge on any atom is -0.495 e. The van der Waals surface area contributed by atoms with Crippen LogP contribution in [0.4, 0.5) is 0 Å². The first-order valence-corrected chi connectivity index (χ1v) is 7.46. The van der Waals surface area contributed by atoms with Crippen LogP contribution in [0, 0.1) is 0 Å². The van der Waals surface area contributed by atoms with Crippen molar-refractivity contribution in [1.82, 2.24) is 14.8 Å². The highest BCUT2D eigenvalue weighted by molar-refractivity contribution is 5.24. The van der Waals surface area contributed by atoms with Gasteiger partial charge in [-0.25, -0.2) is 0 Å². The Labute approximate surface area is 121 Å². The maximum absolute atomic E-state index is 5.25. The van der Waals surface area contributed by atoms with Crippen LogP contribution in [-0.4, -0.2) is 52.6 Å². The Morgan fingerprint density at radius 3 is 2.55 bits per heavy atom. The van der Waals surface area contributed by atoms with Crippen molar-refractivity contribution in [3.63, 3.8) is 0 Å². The molecule has 1 aromatic heterocycles. The molecule has 0 saturated carbocycles. The Morgan fingerprint density at radius 1 is 1.25 bits per heavy atom. The SMILES string of the molecule is COc1cncc(CN2C3CC2CN(C(C)(C)C)C3)c1. The molecule has 1 aromatic rings. The fourth-order valence-electron chi connectivity index (χ4n) is 3.37. The van der Waals surface area contributed by atoms with Gasteiger partial charge in [-0.1, -0.05) is 0 Å². The highest BCUT2D eigenvalue weighted by Crippen LogP contribution is 2.36. The Kier molecular flexibility index (Phi) is 3.46. The van der Waals surface area contributed by atoms with Gasteiger partial charge in [-0.15, -0.1) is 0 Å². The maximum Gasteiger partial charge on any atom is 0.137 e. The van der Waals surface area contributed by atoms with Crippen molar-refractivity contribution in [2.45, 2.75) is 51.4 Å². The smallest absolute Gasteiger partial charge is 0.137 e. The van der Waals surface area contributed by atoms with Crippen molar-refractivity contribution in [3.05, 3.63) is 24.0 Å². The summed E-state index contributed by atoms with van der Waals surface area (Å²) in [5, 5.41) is 0. The molecule has 4 nitrogen and oxygen atoms in total. The predicted octanol–water partition coefficient (Wildman–Crippen LogP) is 2.15. The fourth-order valence-corrected chi connectivity index (χ4v) is 3.37. The number of likely N-dealkylation sites (tertiary alicyclic amines) is 2. The van der Waals surface area contributed by atoms with Crippen molar-refractivity contribution in [3.8, 4) is 5.75 Å². The van der Waals surface area contributed by atoms with E-state index in [1.165, 1.54) is 25.1 Å². The molecule has 110 valence electrons. The van der Waals surface area contributed by atoms with E-state index in [1.807, 2.05) is 6.20 Å². The van der Waals surface area contributed by atoms with Gasteiger partial charge in [-0.05, 0) is 38.8 Å². The molecule has 0 aliphatic carbocycles. The van der Waals surface area contributed by atoms with E-state index >= 15 is 0 Å². The molecule has 0 spiro atoms. The highest BCUT2D eigenvalue weighted by Gasteiger charge is 2.46. The monoisotopic (exact) mass is 275 g/mol. The molecule has 0 N–H and O–H groups in total. The molecular weight excluding hydrogens is 250 g/mol. The van der Waals surface area contributed by atoms with E-state index in [0.717, 1.165) is 12.3 Å². The molecule has 0 amide bonds. The number of fused-ring (bicyclic) bond motifs is 2. The third kappa shape index (κ3) is 2.54. The van der Waals surface area contributed by atoms with E-state index in [1.54, 1.807) is 13.3 Å². The summed E-state index contributed by atoms with van der Waals surface area (Å²) >= 11 is 0. The summed E-state index contributed by atoms with van der Waals surface area (Å²) < 4.78 is 5.25. The lowest BCUT2D eigenvalue weighted by molar-refractivity contribution is -0.0997. The van der Waals surface area contributed by atoms with Gasteiger partial charge in [-0.2, -0.15) is 0 Å². The van der Waals surface area contributed by atoms with Crippen LogP contribution >= 0.6 is 0 Å². The standard InChI is InChI=1S/C16H25N3O/c1-16(2,3)18-10-13-6-14(11-18)19(13)9-12-5-15(20-4)8-17-7-12/h5,7-8,13-14H,6,9-11H2,1-4H3. The summed E-state index contributed by atoms with van der Waals surface area (Å²) in [6.45, 7) is 10.3. The van der Waals surface area contributed by atoms with E-state index in [-0.39, 0.29) is 0 Å². The molecule has 4 heteroatoms. The van der Waals surface area contributed by atoms with Gasteiger partial charge >= 0.3 is 0 Å². The third-order valence-electron chi connectivity index (χ3n) is 4.66. The van der Waals surface area contributed by atoms with Crippen LogP contribution in [0.1, 0.15) is 32.8 Å². The molecule has 3 heterocycles. The number of pyridine rings is 1. The molecule has 3 rings (SSSR count). The Morgan fingerprint density at radius 2 is 1.95 bits per heavy atom. The van der Waals surface area contributed by atoms with E-state index in [4.69, 9.17) is 4.74 Å². The largest absolute Gasteiger partial charge is 0.495 e. The van der Waals surface area contributed by atoms with E-state index in [0.29, 0.717) is 17.6 Å². The molecule has 0 aromatic carbocycles. The van der Waals surface area contributed by atoms with E-state index < -0.39 is 0 Å².